The first-order chi connectivity index (χ1) is 11.4. The Bertz CT molecular complexity index is 629. The molecule has 1 saturated heterocycles. The third-order valence-corrected chi connectivity index (χ3v) is 4.27. The van der Waals surface area contributed by atoms with Crippen molar-refractivity contribution in [3.8, 4) is 0 Å². The minimum Gasteiger partial charge on any atom is -0.481 e. The maximum atomic E-state index is 12.1. The molecule has 2 rings (SSSR count). The lowest BCUT2D eigenvalue weighted by Gasteiger charge is -2.20. The average Bonchev–Trinajstić information content (AvgIpc) is 2.97. The maximum Gasteiger partial charge on any atom is 0.317 e. The van der Waals surface area contributed by atoms with Crippen LogP contribution in [0.5, 0.6) is 0 Å². The van der Waals surface area contributed by atoms with Crippen LogP contribution >= 0.6 is 0 Å². The van der Waals surface area contributed by atoms with Crippen molar-refractivity contribution in [3.63, 3.8) is 0 Å². The van der Waals surface area contributed by atoms with Crippen molar-refractivity contribution in [2.45, 2.75) is 26.8 Å². The number of nitrogens with one attached hydrogen (secondary N) is 2. The summed E-state index contributed by atoms with van der Waals surface area (Å²) in [5.41, 5.74) is 0.575. The predicted molar refractivity (Wildman–Crippen MR) is 88.6 cm³/mol. The molecule has 24 heavy (non-hydrogen) atoms. The van der Waals surface area contributed by atoms with Gasteiger partial charge in [-0.25, -0.2) is 4.79 Å². The molecule has 0 bridgehead atoms. The largest absolute Gasteiger partial charge is 0.481 e. The molecule has 1 unspecified atom stereocenters. The van der Waals surface area contributed by atoms with Gasteiger partial charge in [0.05, 0.1) is 5.41 Å². The number of nitrogens with zero attached hydrogens (tertiary/aromatic N) is 1. The van der Waals surface area contributed by atoms with Crippen molar-refractivity contribution in [1.82, 2.24) is 15.5 Å². The molecule has 1 fully saturated rings. The van der Waals surface area contributed by atoms with Gasteiger partial charge in [-0.1, -0.05) is 12.1 Å². The number of carboxylic acids is 1. The first kappa shape index (κ1) is 17.8. The van der Waals surface area contributed by atoms with E-state index in [1.165, 1.54) is 4.90 Å². The average molecular weight is 333 g/mol. The highest BCUT2D eigenvalue weighted by Gasteiger charge is 2.42. The third-order valence-electron chi connectivity index (χ3n) is 4.27. The lowest BCUT2D eigenvalue weighted by molar-refractivity contribution is -0.147. The number of amides is 3. The van der Waals surface area contributed by atoms with Gasteiger partial charge in [-0.15, -0.1) is 0 Å². The molecule has 1 aliphatic rings. The van der Waals surface area contributed by atoms with Crippen molar-refractivity contribution in [3.05, 3.63) is 35.4 Å². The second kappa shape index (κ2) is 7.33. The summed E-state index contributed by atoms with van der Waals surface area (Å²) >= 11 is 0. The van der Waals surface area contributed by atoms with Crippen molar-refractivity contribution >= 4 is 17.9 Å². The summed E-state index contributed by atoms with van der Waals surface area (Å²) in [6.45, 7) is 5.06. The van der Waals surface area contributed by atoms with Crippen LogP contribution in [-0.4, -0.2) is 47.5 Å². The van der Waals surface area contributed by atoms with Crippen LogP contribution in [0.1, 0.15) is 36.2 Å². The van der Waals surface area contributed by atoms with Crippen LogP contribution in [0.25, 0.3) is 0 Å². The van der Waals surface area contributed by atoms with E-state index in [0.717, 1.165) is 5.56 Å². The smallest absolute Gasteiger partial charge is 0.317 e. The summed E-state index contributed by atoms with van der Waals surface area (Å²) in [7, 11) is 0. The molecule has 1 aromatic carbocycles. The summed E-state index contributed by atoms with van der Waals surface area (Å²) in [6, 6.07) is 6.73. The SMILES string of the molecule is CCNC(=O)c1ccc(CNC(=O)N2CCC(C)(C(=O)O)C2)cc1. The Morgan fingerprint density at radius 1 is 1.21 bits per heavy atom. The number of likely N-dealkylation sites (tertiary alicyclic amines) is 1. The number of hydrogen-bond acceptors (Lipinski definition) is 3. The molecule has 1 heterocycles. The van der Waals surface area contributed by atoms with Gasteiger partial charge < -0.3 is 20.6 Å². The molecular weight excluding hydrogens is 310 g/mol. The molecule has 0 aromatic heterocycles. The third kappa shape index (κ3) is 4.04. The van der Waals surface area contributed by atoms with Crippen LogP contribution in [-0.2, 0) is 11.3 Å². The van der Waals surface area contributed by atoms with E-state index in [0.29, 0.717) is 31.6 Å². The lowest BCUT2D eigenvalue weighted by atomic mass is 9.90. The fourth-order valence-corrected chi connectivity index (χ4v) is 2.64. The Hall–Kier alpha value is -2.57. The van der Waals surface area contributed by atoms with E-state index in [4.69, 9.17) is 0 Å². The minimum atomic E-state index is -0.876. The van der Waals surface area contributed by atoms with Crippen LogP contribution in [0.15, 0.2) is 24.3 Å². The highest BCUT2D eigenvalue weighted by Crippen LogP contribution is 2.29. The first-order valence-corrected chi connectivity index (χ1v) is 7.99. The van der Waals surface area contributed by atoms with Crippen molar-refractivity contribution < 1.29 is 19.5 Å². The second-order valence-electron chi connectivity index (χ2n) is 6.25. The highest BCUT2D eigenvalue weighted by atomic mass is 16.4. The molecule has 3 amide bonds. The Kier molecular flexibility index (Phi) is 5.43. The predicted octanol–water partition coefficient (Wildman–Crippen LogP) is 1.44. The second-order valence-corrected chi connectivity index (χ2v) is 6.25. The number of carboxylic acid groups (broad SMARTS) is 1. The Morgan fingerprint density at radius 3 is 2.42 bits per heavy atom. The van der Waals surface area contributed by atoms with Crippen LogP contribution in [0.3, 0.4) is 0 Å². The molecular formula is C17H23N3O4. The van der Waals surface area contributed by atoms with E-state index < -0.39 is 11.4 Å². The summed E-state index contributed by atoms with van der Waals surface area (Å²) in [5, 5.41) is 14.7. The quantitative estimate of drug-likeness (QED) is 0.759. The maximum absolute atomic E-state index is 12.1. The van der Waals surface area contributed by atoms with Gasteiger partial charge in [0, 0.05) is 31.7 Å². The van der Waals surface area contributed by atoms with E-state index in [1.54, 1.807) is 31.2 Å². The monoisotopic (exact) mass is 333 g/mol. The molecule has 1 aliphatic heterocycles. The van der Waals surface area contributed by atoms with Gasteiger partial charge in [-0.2, -0.15) is 0 Å². The minimum absolute atomic E-state index is 0.127. The zero-order valence-corrected chi connectivity index (χ0v) is 14.0. The van der Waals surface area contributed by atoms with Gasteiger partial charge in [-0.3, -0.25) is 9.59 Å². The lowest BCUT2D eigenvalue weighted by Crippen LogP contribution is -2.40. The van der Waals surface area contributed by atoms with Crippen LogP contribution in [0, 0.1) is 5.41 Å². The molecule has 1 atom stereocenters. The zero-order chi connectivity index (χ0) is 17.7. The molecule has 7 nitrogen and oxygen atoms in total. The van der Waals surface area contributed by atoms with E-state index in [2.05, 4.69) is 10.6 Å². The number of hydrogen-bond donors (Lipinski definition) is 3. The van der Waals surface area contributed by atoms with Gasteiger partial charge in [0.1, 0.15) is 0 Å². The molecule has 130 valence electrons. The van der Waals surface area contributed by atoms with Crippen molar-refractivity contribution in [2.24, 2.45) is 5.41 Å². The Labute approximate surface area is 141 Å². The zero-order valence-electron chi connectivity index (χ0n) is 14.0. The summed E-state index contributed by atoms with van der Waals surface area (Å²) in [4.78, 5) is 36.6. The number of rotatable bonds is 5. The molecule has 3 N–H and O–H groups in total. The highest BCUT2D eigenvalue weighted by molar-refractivity contribution is 5.94. The van der Waals surface area contributed by atoms with Crippen LogP contribution in [0.4, 0.5) is 4.79 Å². The van der Waals surface area contributed by atoms with Gasteiger partial charge in [0.2, 0.25) is 0 Å². The van der Waals surface area contributed by atoms with Gasteiger partial charge >= 0.3 is 12.0 Å². The molecule has 0 radical (unpaired) electrons. The standard InChI is InChI=1S/C17H23N3O4/c1-3-18-14(21)13-6-4-12(5-7-13)10-19-16(24)20-9-8-17(2,11-20)15(22)23/h4-7H,3,8-11H2,1-2H3,(H,18,21)(H,19,24)(H,22,23). The van der Waals surface area contributed by atoms with E-state index in [9.17, 15) is 19.5 Å². The van der Waals surface area contributed by atoms with Crippen molar-refractivity contribution in [1.29, 1.82) is 0 Å². The molecule has 0 aliphatic carbocycles. The van der Waals surface area contributed by atoms with E-state index in [1.807, 2.05) is 6.92 Å². The Balaban J connectivity index is 1.86. The van der Waals surface area contributed by atoms with Gasteiger partial charge in [-0.05, 0) is 38.0 Å². The van der Waals surface area contributed by atoms with Crippen LogP contribution < -0.4 is 10.6 Å². The number of benzene rings is 1. The summed E-state index contributed by atoms with van der Waals surface area (Å²) in [6.07, 6.45) is 0.455. The van der Waals surface area contributed by atoms with Crippen LogP contribution in [0.2, 0.25) is 0 Å². The van der Waals surface area contributed by atoms with Gasteiger partial charge in [0.15, 0.2) is 0 Å². The van der Waals surface area contributed by atoms with E-state index in [-0.39, 0.29) is 18.5 Å². The van der Waals surface area contributed by atoms with E-state index >= 15 is 0 Å². The fourth-order valence-electron chi connectivity index (χ4n) is 2.64. The number of urea groups is 1. The number of carbonyl (C=O) groups excluding carboxylic acids is 2. The molecule has 0 spiro atoms. The summed E-state index contributed by atoms with van der Waals surface area (Å²) in [5.74, 6) is -1.00. The molecule has 0 saturated carbocycles. The molecule has 7 heteroatoms. The topological polar surface area (TPSA) is 98.7 Å². The number of carbonyl (C=O) groups is 3. The Morgan fingerprint density at radius 2 is 1.88 bits per heavy atom. The normalized spacial score (nSPS) is 19.8. The van der Waals surface area contributed by atoms with Crippen molar-refractivity contribution in [2.75, 3.05) is 19.6 Å². The number of aliphatic carboxylic acids is 1. The fraction of sp³-hybridized carbons (Fsp3) is 0.471. The summed E-state index contributed by atoms with van der Waals surface area (Å²) < 4.78 is 0. The van der Waals surface area contributed by atoms with Gasteiger partial charge in [0.25, 0.3) is 5.91 Å². The molecule has 1 aromatic rings. The first-order valence-electron chi connectivity index (χ1n) is 7.99.